The Morgan fingerprint density at radius 2 is 1.74 bits per heavy atom. The molecule has 0 aliphatic heterocycles. The van der Waals surface area contributed by atoms with Gasteiger partial charge in [0.25, 0.3) is 11.6 Å². The number of anilines is 1. The fourth-order valence-electron chi connectivity index (χ4n) is 3.01. The third kappa shape index (κ3) is 4.49. The van der Waals surface area contributed by atoms with Gasteiger partial charge in [0, 0.05) is 22.7 Å². The summed E-state index contributed by atoms with van der Waals surface area (Å²) in [5.41, 5.74) is -2.25. The third-order valence-corrected chi connectivity index (χ3v) is 5.50. The molecule has 1 amide bonds. The largest absolute Gasteiger partial charge is 0.433 e. The van der Waals surface area contributed by atoms with Gasteiger partial charge < -0.3 is 5.32 Å². The standard InChI is InChI=1S/C20H9Cl3F3N5O3/c21-10-3-1-9(2-4-10)14-8-15(20(24,25)26)30-18(27-14)16(23)17(29-30)19(32)28-13-6-5-11(31(33)34)7-12(13)22/h1-8H,(H,28,32). The van der Waals surface area contributed by atoms with Crippen LogP contribution in [0.15, 0.2) is 48.5 Å². The molecule has 0 atom stereocenters. The van der Waals surface area contributed by atoms with E-state index in [4.69, 9.17) is 34.8 Å². The van der Waals surface area contributed by atoms with E-state index in [0.717, 1.165) is 18.2 Å². The smallest absolute Gasteiger partial charge is 0.319 e. The van der Waals surface area contributed by atoms with E-state index < -0.39 is 39.1 Å². The number of carbonyl (C=O) groups is 1. The molecule has 0 aliphatic carbocycles. The second-order valence-corrected chi connectivity index (χ2v) is 8.03. The van der Waals surface area contributed by atoms with Gasteiger partial charge in [0.1, 0.15) is 5.02 Å². The van der Waals surface area contributed by atoms with Gasteiger partial charge in [-0.3, -0.25) is 14.9 Å². The second kappa shape index (κ2) is 8.75. The van der Waals surface area contributed by atoms with Crippen LogP contribution >= 0.6 is 34.8 Å². The average molecular weight is 531 g/mol. The van der Waals surface area contributed by atoms with E-state index >= 15 is 0 Å². The van der Waals surface area contributed by atoms with Crippen LogP contribution < -0.4 is 5.32 Å². The number of fused-ring (bicyclic) bond motifs is 1. The monoisotopic (exact) mass is 529 g/mol. The van der Waals surface area contributed by atoms with Crippen LogP contribution in [0.1, 0.15) is 16.2 Å². The molecule has 14 heteroatoms. The topological polar surface area (TPSA) is 102 Å². The Hall–Kier alpha value is -3.41. The molecule has 0 saturated carbocycles. The number of aromatic nitrogens is 3. The van der Waals surface area contributed by atoms with E-state index in [0.29, 0.717) is 15.1 Å². The summed E-state index contributed by atoms with van der Waals surface area (Å²) in [5.74, 6) is -0.993. The first-order valence-electron chi connectivity index (χ1n) is 9.13. The van der Waals surface area contributed by atoms with Gasteiger partial charge in [-0.15, -0.1) is 0 Å². The molecule has 2 aromatic heterocycles. The molecule has 1 N–H and O–H groups in total. The van der Waals surface area contributed by atoms with Crippen molar-refractivity contribution in [2.75, 3.05) is 5.32 Å². The van der Waals surface area contributed by atoms with Crippen LogP contribution in [0, 0.1) is 10.1 Å². The van der Waals surface area contributed by atoms with E-state index in [2.05, 4.69) is 15.4 Å². The van der Waals surface area contributed by atoms with Gasteiger partial charge in [0.15, 0.2) is 17.0 Å². The number of nitro groups is 1. The number of halogens is 6. The van der Waals surface area contributed by atoms with Crippen molar-refractivity contribution in [3.63, 3.8) is 0 Å². The lowest BCUT2D eigenvalue weighted by molar-refractivity contribution is -0.384. The molecule has 4 aromatic rings. The molecule has 0 spiro atoms. The Morgan fingerprint density at radius 1 is 1.06 bits per heavy atom. The zero-order valence-electron chi connectivity index (χ0n) is 16.4. The van der Waals surface area contributed by atoms with Crippen LogP contribution in [0.25, 0.3) is 16.9 Å². The number of nitrogens with one attached hydrogen (secondary N) is 1. The fourth-order valence-corrected chi connectivity index (χ4v) is 3.60. The van der Waals surface area contributed by atoms with E-state index in [1.54, 1.807) is 0 Å². The van der Waals surface area contributed by atoms with Crippen LogP contribution in [-0.4, -0.2) is 25.4 Å². The van der Waals surface area contributed by atoms with E-state index in [-0.39, 0.29) is 22.1 Å². The Kier molecular flexibility index (Phi) is 6.11. The number of rotatable bonds is 4. The molecule has 8 nitrogen and oxygen atoms in total. The maximum atomic E-state index is 13.8. The molecule has 0 bridgehead atoms. The highest BCUT2D eigenvalue weighted by atomic mass is 35.5. The lowest BCUT2D eigenvalue weighted by Gasteiger charge is -2.11. The molecule has 0 saturated heterocycles. The number of carbonyl (C=O) groups excluding carboxylic acids is 1. The van der Waals surface area contributed by atoms with Crippen molar-refractivity contribution in [2.24, 2.45) is 0 Å². The summed E-state index contributed by atoms with van der Waals surface area (Å²) in [4.78, 5) is 27.0. The van der Waals surface area contributed by atoms with Crippen LogP contribution in [0.4, 0.5) is 24.5 Å². The van der Waals surface area contributed by atoms with Crippen molar-refractivity contribution in [3.05, 3.63) is 85.1 Å². The first-order chi connectivity index (χ1) is 16.0. The number of hydrogen-bond acceptors (Lipinski definition) is 5. The summed E-state index contributed by atoms with van der Waals surface area (Å²) in [7, 11) is 0. The summed E-state index contributed by atoms with van der Waals surface area (Å²) < 4.78 is 41.8. The molecule has 0 unspecified atom stereocenters. The highest BCUT2D eigenvalue weighted by molar-refractivity contribution is 6.37. The zero-order chi connectivity index (χ0) is 24.8. The van der Waals surface area contributed by atoms with Crippen molar-refractivity contribution in [3.8, 4) is 11.3 Å². The highest BCUT2D eigenvalue weighted by Crippen LogP contribution is 2.35. The molecule has 0 aliphatic rings. The molecule has 4 rings (SSSR count). The quantitative estimate of drug-likeness (QED) is 0.238. The van der Waals surface area contributed by atoms with Crippen LogP contribution in [0.3, 0.4) is 0 Å². The van der Waals surface area contributed by atoms with Crippen molar-refractivity contribution in [1.29, 1.82) is 0 Å². The minimum absolute atomic E-state index is 0.0313. The first kappa shape index (κ1) is 23.7. The van der Waals surface area contributed by atoms with Crippen molar-refractivity contribution in [2.45, 2.75) is 6.18 Å². The van der Waals surface area contributed by atoms with Gasteiger partial charge in [0.05, 0.1) is 21.3 Å². The molecular formula is C20H9Cl3F3N5O3. The van der Waals surface area contributed by atoms with Crippen LogP contribution in [0.2, 0.25) is 15.1 Å². The third-order valence-electron chi connectivity index (χ3n) is 4.59. The van der Waals surface area contributed by atoms with Gasteiger partial charge in [-0.05, 0) is 24.3 Å². The predicted octanol–water partition coefficient (Wildman–Crippen LogP) is 6.54. The Labute approximate surface area is 203 Å². The summed E-state index contributed by atoms with van der Waals surface area (Å²) in [6.07, 6.45) is -4.85. The molecule has 0 radical (unpaired) electrons. The van der Waals surface area contributed by atoms with Gasteiger partial charge in [-0.25, -0.2) is 9.50 Å². The van der Waals surface area contributed by atoms with Crippen molar-refractivity contribution in [1.82, 2.24) is 14.6 Å². The van der Waals surface area contributed by atoms with Crippen LogP contribution in [-0.2, 0) is 6.18 Å². The summed E-state index contributed by atoms with van der Waals surface area (Å²) >= 11 is 18.0. The Bertz CT molecular complexity index is 1460. The van der Waals surface area contributed by atoms with Gasteiger partial charge in [-0.2, -0.15) is 18.3 Å². The minimum atomic E-state index is -4.85. The summed E-state index contributed by atoms with van der Waals surface area (Å²) in [5, 5.41) is 16.7. The fraction of sp³-hybridized carbons (Fsp3) is 0.0500. The Balaban J connectivity index is 1.80. The second-order valence-electron chi connectivity index (χ2n) is 6.80. The molecule has 34 heavy (non-hydrogen) atoms. The summed E-state index contributed by atoms with van der Waals surface area (Å²) in [6.45, 7) is 0. The number of amides is 1. The average Bonchev–Trinajstić information content (AvgIpc) is 3.10. The van der Waals surface area contributed by atoms with Crippen molar-refractivity contribution >= 4 is 57.7 Å². The van der Waals surface area contributed by atoms with Crippen molar-refractivity contribution < 1.29 is 22.9 Å². The normalized spacial score (nSPS) is 11.6. The molecule has 0 fully saturated rings. The Morgan fingerprint density at radius 3 is 2.32 bits per heavy atom. The molecular weight excluding hydrogens is 522 g/mol. The number of hydrogen-bond donors (Lipinski definition) is 1. The van der Waals surface area contributed by atoms with Gasteiger partial charge in [-0.1, -0.05) is 46.9 Å². The lowest BCUT2D eigenvalue weighted by Crippen LogP contribution is -2.16. The SMILES string of the molecule is O=C(Nc1ccc([N+](=O)[O-])cc1Cl)c1nn2c(C(F)(F)F)cc(-c3ccc(Cl)cc3)nc2c1Cl. The lowest BCUT2D eigenvalue weighted by atomic mass is 10.1. The number of nitrogens with zero attached hydrogens (tertiary/aromatic N) is 4. The van der Waals surface area contributed by atoms with E-state index in [9.17, 15) is 28.1 Å². The minimum Gasteiger partial charge on any atom is -0.319 e. The highest BCUT2D eigenvalue weighted by Gasteiger charge is 2.36. The van der Waals surface area contributed by atoms with Gasteiger partial charge in [0.2, 0.25) is 0 Å². The summed E-state index contributed by atoms with van der Waals surface area (Å²) in [6, 6.07) is 9.97. The first-order valence-corrected chi connectivity index (χ1v) is 10.3. The maximum absolute atomic E-state index is 13.8. The number of alkyl halides is 3. The van der Waals surface area contributed by atoms with Crippen LogP contribution in [0.5, 0.6) is 0 Å². The molecule has 174 valence electrons. The molecule has 2 aromatic carbocycles. The number of nitro benzene ring substituents is 1. The number of benzene rings is 2. The van der Waals surface area contributed by atoms with E-state index in [1.165, 1.54) is 30.3 Å². The maximum Gasteiger partial charge on any atom is 0.433 e. The molecule has 2 heterocycles. The zero-order valence-corrected chi connectivity index (χ0v) is 18.7. The number of non-ortho nitro benzene ring substituents is 1. The van der Waals surface area contributed by atoms with E-state index in [1.807, 2.05) is 0 Å². The predicted molar refractivity (Wildman–Crippen MR) is 120 cm³/mol. The van der Waals surface area contributed by atoms with Gasteiger partial charge >= 0.3 is 6.18 Å².